The van der Waals surface area contributed by atoms with Gasteiger partial charge in [0.25, 0.3) is 0 Å². The summed E-state index contributed by atoms with van der Waals surface area (Å²) < 4.78 is 1.36. The Morgan fingerprint density at radius 1 is 1.33 bits per heavy atom. The minimum Gasteiger partial charge on any atom is -0.366 e. The lowest BCUT2D eigenvalue weighted by atomic mass is 10.1. The van der Waals surface area contributed by atoms with E-state index in [4.69, 9.17) is 0 Å². The second-order valence-corrected chi connectivity index (χ2v) is 3.11. The van der Waals surface area contributed by atoms with Crippen LogP contribution >= 0.6 is 0 Å². The Bertz CT molecular complexity index is 437. The Kier molecular flexibility index (Phi) is 2.60. The molecule has 1 N–H and O–H groups in total. The molecule has 0 unspecified atom stereocenters. The Hall–Kier alpha value is -1.94. The van der Waals surface area contributed by atoms with E-state index in [9.17, 15) is 9.90 Å². The number of carbonyl (C=O) groups is 1. The molecule has 76 valence electrons. The first kappa shape index (κ1) is 9.61. The van der Waals surface area contributed by atoms with Crippen LogP contribution in [0.3, 0.4) is 0 Å². The second kappa shape index (κ2) is 4.06. The summed E-state index contributed by atoms with van der Waals surface area (Å²) in [5.41, 5.74) is 0.485. The number of carbonyl (C=O) groups excluding carboxylic acids is 1. The molecule has 1 heterocycles. The Morgan fingerprint density at radius 2 is 2.07 bits per heavy atom. The summed E-state index contributed by atoms with van der Waals surface area (Å²) in [4.78, 5) is 15.5. The number of nitrogens with zero attached hydrogens (tertiary/aromatic N) is 2. The summed E-state index contributed by atoms with van der Waals surface area (Å²) in [6, 6.07) is 8.67. The maximum atomic E-state index is 11.7. The van der Waals surface area contributed by atoms with E-state index in [-0.39, 0.29) is 5.78 Å². The molecule has 0 aliphatic heterocycles. The van der Waals surface area contributed by atoms with Crippen molar-refractivity contribution in [1.29, 1.82) is 0 Å². The molecule has 0 radical (unpaired) electrons. The third kappa shape index (κ3) is 1.94. The van der Waals surface area contributed by atoms with Crippen LogP contribution in [-0.2, 0) is 0 Å². The van der Waals surface area contributed by atoms with Crippen molar-refractivity contribution in [1.82, 2.24) is 9.55 Å². The van der Waals surface area contributed by atoms with Gasteiger partial charge in [-0.1, -0.05) is 30.3 Å². The fraction of sp³-hybridized carbons (Fsp3) is 0.0909. The van der Waals surface area contributed by atoms with E-state index in [0.29, 0.717) is 5.56 Å². The van der Waals surface area contributed by atoms with E-state index < -0.39 is 6.23 Å². The molecule has 4 nitrogen and oxygen atoms in total. The monoisotopic (exact) mass is 202 g/mol. The van der Waals surface area contributed by atoms with Gasteiger partial charge in [-0.05, 0) is 0 Å². The molecular weight excluding hydrogens is 192 g/mol. The molecule has 0 bridgehead atoms. The highest BCUT2D eigenvalue weighted by molar-refractivity contribution is 5.97. The van der Waals surface area contributed by atoms with E-state index in [1.807, 2.05) is 6.07 Å². The average molecular weight is 202 g/mol. The van der Waals surface area contributed by atoms with Crippen LogP contribution in [0.1, 0.15) is 16.6 Å². The lowest BCUT2D eigenvalue weighted by Gasteiger charge is -2.10. The number of hydrogen-bond acceptors (Lipinski definition) is 3. The molecule has 0 fully saturated rings. The molecule has 4 heteroatoms. The van der Waals surface area contributed by atoms with Crippen molar-refractivity contribution in [3.05, 3.63) is 54.6 Å². The summed E-state index contributed by atoms with van der Waals surface area (Å²) in [6.07, 6.45) is 3.27. The van der Waals surface area contributed by atoms with E-state index in [1.165, 1.54) is 17.1 Å². The number of aromatic nitrogens is 2. The fourth-order valence-electron chi connectivity index (χ4n) is 1.30. The van der Waals surface area contributed by atoms with Crippen molar-refractivity contribution in [2.45, 2.75) is 6.23 Å². The van der Waals surface area contributed by atoms with Crippen LogP contribution in [0.15, 0.2) is 49.1 Å². The number of hydrogen-bond donors (Lipinski definition) is 1. The zero-order valence-electron chi connectivity index (χ0n) is 7.95. The van der Waals surface area contributed by atoms with E-state index in [2.05, 4.69) is 4.98 Å². The van der Waals surface area contributed by atoms with Crippen LogP contribution in [-0.4, -0.2) is 20.4 Å². The molecule has 0 saturated heterocycles. The first-order valence-electron chi connectivity index (χ1n) is 4.54. The quantitative estimate of drug-likeness (QED) is 0.762. The predicted octanol–water partition coefficient (Wildman–Crippen LogP) is 1.26. The van der Waals surface area contributed by atoms with Crippen LogP contribution in [0.25, 0.3) is 0 Å². The molecule has 0 aliphatic rings. The number of Topliss-reactive ketones (excluding diaryl/α,β-unsaturated/α-hetero) is 1. The van der Waals surface area contributed by atoms with Gasteiger partial charge in [0.15, 0.2) is 6.23 Å². The SMILES string of the molecule is O=C(c1ccccc1)[C@H](O)n1ccnc1. The van der Waals surface area contributed by atoms with Gasteiger partial charge in [-0.15, -0.1) is 0 Å². The zero-order valence-corrected chi connectivity index (χ0v) is 7.95. The van der Waals surface area contributed by atoms with E-state index in [0.717, 1.165) is 0 Å². The molecule has 0 aliphatic carbocycles. The van der Waals surface area contributed by atoms with Gasteiger partial charge in [-0.2, -0.15) is 0 Å². The maximum Gasteiger partial charge on any atom is 0.212 e. The van der Waals surface area contributed by atoms with Crippen LogP contribution in [0.5, 0.6) is 0 Å². The highest BCUT2D eigenvalue weighted by atomic mass is 16.3. The van der Waals surface area contributed by atoms with Crippen LogP contribution in [0.2, 0.25) is 0 Å². The van der Waals surface area contributed by atoms with Gasteiger partial charge in [-0.3, -0.25) is 4.79 Å². The molecule has 1 aromatic carbocycles. The number of aliphatic hydroxyl groups is 1. The normalized spacial score (nSPS) is 12.3. The summed E-state index contributed by atoms with van der Waals surface area (Å²) in [7, 11) is 0. The third-order valence-electron chi connectivity index (χ3n) is 2.10. The van der Waals surface area contributed by atoms with Crippen LogP contribution in [0.4, 0.5) is 0 Å². The van der Waals surface area contributed by atoms with Gasteiger partial charge in [0.1, 0.15) is 0 Å². The van der Waals surface area contributed by atoms with Crippen molar-refractivity contribution >= 4 is 5.78 Å². The second-order valence-electron chi connectivity index (χ2n) is 3.11. The smallest absolute Gasteiger partial charge is 0.212 e. The summed E-state index contributed by atoms with van der Waals surface area (Å²) >= 11 is 0. The highest BCUT2D eigenvalue weighted by Gasteiger charge is 2.17. The third-order valence-corrected chi connectivity index (χ3v) is 2.10. The maximum absolute atomic E-state index is 11.7. The van der Waals surface area contributed by atoms with Crippen molar-refractivity contribution in [3.8, 4) is 0 Å². The van der Waals surface area contributed by atoms with Gasteiger partial charge < -0.3 is 9.67 Å². The molecule has 1 aromatic heterocycles. The van der Waals surface area contributed by atoms with E-state index >= 15 is 0 Å². The predicted molar refractivity (Wildman–Crippen MR) is 54.3 cm³/mol. The molecular formula is C11H10N2O2. The van der Waals surface area contributed by atoms with Crippen molar-refractivity contribution < 1.29 is 9.90 Å². The van der Waals surface area contributed by atoms with Gasteiger partial charge in [0, 0.05) is 18.0 Å². The van der Waals surface area contributed by atoms with E-state index in [1.54, 1.807) is 30.5 Å². The van der Waals surface area contributed by atoms with Crippen molar-refractivity contribution in [2.24, 2.45) is 0 Å². The molecule has 0 amide bonds. The van der Waals surface area contributed by atoms with Gasteiger partial charge >= 0.3 is 0 Å². The summed E-state index contributed by atoms with van der Waals surface area (Å²) in [5, 5.41) is 9.70. The van der Waals surface area contributed by atoms with Crippen LogP contribution in [0, 0.1) is 0 Å². The van der Waals surface area contributed by atoms with Crippen molar-refractivity contribution in [3.63, 3.8) is 0 Å². The van der Waals surface area contributed by atoms with Crippen molar-refractivity contribution in [2.75, 3.05) is 0 Å². The fourth-order valence-corrected chi connectivity index (χ4v) is 1.30. The minimum absolute atomic E-state index is 0.339. The van der Waals surface area contributed by atoms with Gasteiger partial charge in [0.05, 0.1) is 6.33 Å². The summed E-state index contributed by atoms with van der Waals surface area (Å²) in [6.45, 7) is 0. The number of rotatable bonds is 3. The Balaban J connectivity index is 2.23. The lowest BCUT2D eigenvalue weighted by molar-refractivity contribution is 0.0574. The molecule has 2 rings (SSSR count). The topological polar surface area (TPSA) is 55.1 Å². The number of imidazole rings is 1. The molecule has 1 atom stereocenters. The van der Waals surface area contributed by atoms with Crippen LogP contribution < -0.4 is 0 Å². The number of benzene rings is 1. The number of aliphatic hydroxyl groups excluding tert-OH is 1. The zero-order chi connectivity index (χ0) is 10.7. The molecule has 0 saturated carbocycles. The Morgan fingerprint density at radius 3 is 2.67 bits per heavy atom. The highest BCUT2D eigenvalue weighted by Crippen LogP contribution is 2.10. The Labute approximate surface area is 86.8 Å². The number of ketones is 1. The first-order chi connectivity index (χ1) is 7.29. The average Bonchev–Trinajstić information content (AvgIpc) is 2.82. The first-order valence-corrected chi connectivity index (χ1v) is 4.54. The van der Waals surface area contributed by atoms with Gasteiger partial charge in [-0.25, -0.2) is 4.98 Å². The largest absolute Gasteiger partial charge is 0.366 e. The molecule has 0 spiro atoms. The lowest BCUT2D eigenvalue weighted by Crippen LogP contribution is -2.17. The molecule has 15 heavy (non-hydrogen) atoms. The minimum atomic E-state index is -1.20. The molecule has 2 aromatic rings. The van der Waals surface area contributed by atoms with Gasteiger partial charge in [0.2, 0.25) is 5.78 Å². The standard InChI is InChI=1S/C11H10N2O2/c14-10(9-4-2-1-3-5-9)11(15)13-7-6-12-8-13/h1-8,11,15H/t11-/m0/s1. The summed E-state index contributed by atoms with van der Waals surface area (Å²) in [5.74, 6) is -0.339.